The number of ether oxygens (including phenoxy) is 1. The van der Waals surface area contributed by atoms with E-state index < -0.39 is 0 Å². The third-order valence-corrected chi connectivity index (χ3v) is 4.53. The van der Waals surface area contributed by atoms with E-state index in [-0.39, 0.29) is 23.6 Å². The van der Waals surface area contributed by atoms with E-state index in [2.05, 4.69) is 10.2 Å². The number of H-pyrrole nitrogens is 1. The normalized spacial score (nSPS) is 15.5. The molecule has 1 aliphatic rings. The van der Waals surface area contributed by atoms with Crippen LogP contribution in [0.3, 0.4) is 0 Å². The Labute approximate surface area is 140 Å². The monoisotopic (exact) mass is 331 g/mol. The summed E-state index contributed by atoms with van der Waals surface area (Å²) in [6, 6.07) is 6.43. The lowest BCUT2D eigenvalue weighted by molar-refractivity contribution is -0.132. The maximum atomic E-state index is 13.6. The van der Waals surface area contributed by atoms with Crippen LogP contribution < -0.4 is 4.74 Å². The van der Waals surface area contributed by atoms with Gasteiger partial charge in [-0.1, -0.05) is 12.1 Å². The molecule has 2 aromatic rings. The van der Waals surface area contributed by atoms with Crippen LogP contribution in [-0.2, 0) is 11.2 Å². The van der Waals surface area contributed by atoms with E-state index in [4.69, 9.17) is 4.74 Å². The van der Waals surface area contributed by atoms with Crippen LogP contribution in [0.25, 0.3) is 0 Å². The van der Waals surface area contributed by atoms with Crippen LogP contribution in [0.5, 0.6) is 5.75 Å². The lowest BCUT2D eigenvalue weighted by Gasteiger charge is -2.32. The van der Waals surface area contributed by atoms with Crippen molar-refractivity contribution in [3.8, 4) is 5.75 Å². The minimum Gasteiger partial charge on any atom is -0.487 e. The summed E-state index contributed by atoms with van der Waals surface area (Å²) in [5.74, 6) is 0.0424. The molecule has 5 nitrogen and oxygen atoms in total. The van der Waals surface area contributed by atoms with Gasteiger partial charge in [-0.2, -0.15) is 5.10 Å². The number of carbonyl (C=O) groups is 1. The van der Waals surface area contributed by atoms with Crippen molar-refractivity contribution < 1.29 is 13.9 Å². The molecule has 1 aromatic carbocycles. The molecule has 0 spiro atoms. The number of nitrogens with zero attached hydrogens (tertiary/aromatic N) is 2. The summed E-state index contributed by atoms with van der Waals surface area (Å²) >= 11 is 0. The molecule has 0 radical (unpaired) electrons. The number of rotatable bonds is 4. The van der Waals surface area contributed by atoms with Gasteiger partial charge in [0.2, 0.25) is 5.91 Å². The molecule has 1 amide bonds. The third-order valence-electron chi connectivity index (χ3n) is 4.53. The van der Waals surface area contributed by atoms with Crippen LogP contribution >= 0.6 is 0 Å². The van der Waals surface area contributed by atoms with Gasteiger partial charge in [0.1, 0.15) is 6.10 Å². The number of amides is 1. The fourth-order valence-corrected chi connectivity index (χ4v) is 3.04. The number of aryl methyl sites for hydroxylation is 2. The molecule has 2 heterocycles. The largest absolute Gasteiger partial charge is 0.487 e. The van der Waals surface area contributed by atoms with Gasteiger partial charge in [-0.05, 0) is 26.0 Å². The van der Waals surface area contributed by atoms with Gasteiger partial charge in [-0.15, -0.1) is 0 Å². The Morgan fingerprint density at radius 1 is 1.33 bits per heavy atom. The van der Waals surface area contributed by atoms with E-state index in [1.54, 1.807) is 18.2 Å². The number of carbonyl (C=O) groups excluding carboxylic acids is 1. The van der Waals surface area contributed by atoms with E-state index in [1.165, 1.54) is 6.07 Å². The lowest BCUT2D eigenvalue weighted by Crippen LogP contribution is -2.42. The Bertz CT molecular complexity index is 701. The van der Waals surface area contributed by atoms with Crippen molar-refractivity contribution in [2.24, 2.45) is 0 Å². The Balaban J connectivity index is 1.53. The first-order valence-corrected chi connectivity index (χ1v) is 8.24. The van der Waals surface area contributed by atoms with Gasteiger partial charge in [0, 0.05) is 37.2 Å². The predicted octanol–water partition coefficient (Wildman–Crippen LogP) is 2.78. The second-order valence-corrected chi connectivity index (χ2v) is 6.22. The molecule has 0 unspecified atom stereocenters. The molecule has 1 fully saturated rings. The Morgan fingerprint density at radius 3 is 2.67 bits per heavy atom. The van der Waals surface area contributed by atoms with Crippen molar-refractivity contribution in [3.63, 3.8) is 0 Å². The Kier molecular flexibility index (Phi) is 4.83. The van der Waals surface area contributed by atoms with Gasteiger partial charge in [0.25, 0.3) is 0 Å². The first kappa shape index (κ1) is 16.5. The number of halogens is 1. The summed E-state index contributed by atoms with van der Waals surface area (Å²) in [4.78, 5) is 14.3. The molecule has 1 saturated heterocycles. The van der Waals surface area contributed by atoms with Gasteiger partial charge >= 0.3 is 0 Å². The zero-order valence-corrected chi connectivity index (χ0v) is 14.0. The summed E-state index contributed by atoms with van der Waals surface area (Å²) < 4.78 is 19.4. The summed E-state index contributed by atoms with van der Waals surface area (Å²) in [6.45, 7) is 5.10. The van der Waals surface area contributed by atoms with Crippen LogP contribution in [-0.4, -0.2) is 40.2 Å². The molecule has 1 aromatic heterocycles. The van der Waals surface area contributed by atoms with Crippen molar-refractivity contribution >= 4 is 5.91 Å². The molecule has 0 aliphatic carbocycles. The van der Waals surface area contributed by atoms with Crippen molar-refractivity contribution in [2.75, 3.05) is 13.1 Å². The number of piperidine rings is 1. The number of para-hydroxylation sites is 1. The second kappa shape index (κ2) is 7.03. The van der Waals surface area contributed by atoms with Crippen molar-refractivity contribution in [3.05, 3.63) is 47.0 Å². The minimum absolute atomic E-state index is 0.0525. The summed E-state index contributed by atoms with van der Waals surface area (Å²) in [5, 5.41) is 7.04. The second-order valence-electron chi connectivity index (χ2n) is 6.22. The third kappa shape index (κ3) is 3.58. The average Bonchev–Trinajstić information content (AvgIpc) is 2.89. The molecule has 0 saturated carbocycles. The van der Waals surface area contributed by atoms with Gasteiger partial charge in [0.15, 0.2) is 11.6 Å². The molecule has 1 N–H and O–H groups in total. The number of aromatic amines is 1. The highest BCUT2D eigenvalue weighted by Crippen LogP contribution is 2.22. The highest BCUT2D eigenvalue weighted by molar-refractivity contribution is 5.79. The number of aromatic nitrogens is 2. The minimum atomic E-state index is -0.345. The molecule has 0 bridgehead atoms. The molecule has 1 aliphatic heterocycles. The quantitative estimate of drug-likeness (QED) is 0.937. The maximum Gasteiger partial charge on any atom is 0.227 e. The van der Waals surface area contributed by atoms with Crippen molar-refractivity contribution in [1.29, 1.82) is 0 Å². The standard InChI is InChI=1S/C18H22FN3O2/c1-12-15(13(2)21-20-12)11-18(23)22-9-7-14(8-10-22)24-17-6-4-3-5-16(17)19/h3-6,14H,7-11H2,1-2H3,(H,20,21). The molecular weight excluding hydrogens is 309 g/mol. The number of nitrogens with one attached hydrogen (secondary N) is 1. The average molecular weight is 331 g/mol. The smallest absolute Gasteiger partial charge is 0.227 e. The molecule has 0 atom stereocenters. The van der Waals surface area contributed by atoms with Crippen molar-refractivity contribution in [2.45, 2.75) is 39.2 Å². The first-order chi connectivity index (χ1) is 11.5. The topological polar surface area (TPSA) is 58.2 Å². The van der Waals surface area contributed by atoms with Gasteiger partial charge < -0.3 is 9.64 Å². The van der Waals surface area contributed by atoms with Gasteiger partial charge in [0.05, 0.1) is 12.1 Å². The van der Waals surface area contributed by atoms with E-state index in [0.717, 1.165) is 17.0 Å². The fraction of sp³-hybridized carbons (Fsp3) is 0.444. The van der Waals surface area contributed by atoms with E-state index in [9.17, 15) is 9.18 Å². The Hall–Kier alpha value is -2.37. The van der Waals surface area contributed by atoms with Crippen molar-refractivity contribution in [1.82, 2.24) is 15.1 Å². The van der Waals surface area contributed by atoms with Crippen LogP contribution in [0.4, 0.5) is 4.39 Å². The van der Waals surface area contributed by atoms with Gasteiger partial charge in [-0.25, -0.2) is 4.39 Å². The molecule has 6 heteroatoms. The fourth-order valence-electron chi connectivity index (χ4n) is 3.04. The zero-order chi connectivity index (χ0) is 17.1. The zero-order valence-electron chi connectivity index (χ0n) is 14.0. The molecule has 24 heavy (non-hydrogen) atoms. The summed E-state index contributed by atoms with van der Waals surface area (Å²) in [5.41, 5.74) is 2.79. The SMILES string of the molecule is Cc1n[nH]c(C)c1CC(=O)N1CCC(Oc2ccccc2F)CC1. The van der Waals surface area contributed by atoms with Crippen LogP contribution in [0, 0.1) is 19.7 Å². The molecular formula is C18H22FN3O2. The first-order valence-electron chi connectivity index (χ1n) is 8.24. The highest BCUT2D eigenvalue weighted by Gasteiger charge is 2.25. The van der Waals surface area contributed by atoms with E-state index in [0.29, 0.717) is 32.4 Å². The maximum absolute atomic E-state index is 13.6. The Morgan fingerprint density at radius 2 is 2.04 bits per heavy atom. The number of hydrogen-bond donors (Lipinski definition) is 1. The van der Waals surface area contributed by atoms with E-state index >= 15 is 0 Å². The van der Waals surface area contributed by atoms with Crippen LogP contribution in [0.1, 0.15) is 29.8 Å². The van der Waals surface area contributed by atoms with Crippen LogP contribution in [0.15, 0.2) is 24.3 Å². The molecule has 128 valence electrons. The number of benzene rings is 1. The lowest BCUT2D eigenvalue weighted by atomic mass is 10.1. The number of likely N-dealkylation sites (tertiary alicyclic amines) is 1. The van der Waals surface area contributed by atoms with Crippen LogP contribution in [0.2, 0.25) is 0 Å². The highest BCUT2D eigenvalue weighted by atomic mass is 19.1. The number of hydrogen-bond acceptors (Lipinski definition) is 3. The summed E-state index contributed by atoms with van der Waals surface area (Å²) in [6.07, 6.45) is 1.74. The summed E-state index contributed by atoms with van der Waals surface area (Å²) in [7, 11) is 0. The van der Waals surface area contributed by atoms with Gasteiger partial charge in [-0.3, -0.25) is 9.89 Å². The molecule has 3 rings (SSSR count). The predicted molar refractivity (Wildman–Crippen MR) is 88.4 cm³/mol. The van der Waals surface area contributed by atoms with E-state index in [1.807, 2.05) is 18.7 Å².